The van der Waals surface area contributed by atoms with Crippen molar-refractivity contribution in [3.05, 3.63) is 54.4 Å². The summed E-state index contributed by atoms with van der Waals surface area (Å²) in [7, 11) is 0. The molecule has 1 atom stereocenters. The number of rotatable bonds is 4. The fourth-order valence-electron chi connectivity index (χ4n) is 3.36. The van der Waals surface area contributed by atoms with E-state index in [9.17, 15) is 4.79 Å². The molecule has 1 aromatic carbocycles. The molecular weight excluding hydrogens is 356 g/mol. The van der Waals surface area contributed by atoms with Crippen LogP contribution in [0, 0.1) is 0 Å². The van der Waals surface area contributed by atoms with Crippen molar-refractivity contribution in [1.82, 2.24) is 25.0 Å². The topological polar surface area (TPSA) is 97.0 Å². The summed E-state index contributed by atoms with van der Waals surface area (Å²) in [6.45, 7) is 3.37. The van der Waals surface area contributed by atoms with E-state index >= 15 is 0 Å². The minimum absolute atomic E-state index is 0.0995. The summed E-state index contributed by atoms with van der Waals surface area (Å²) in [5, 5.41) is 6.87. The first-order valence-corrected chi connectivity index (χ1v) is 9.48. The van der Waals surface area contributed by atoms with Gasteiger partial charge >= 0.3 is 6.03 Å². The second-order valence-corrected chi connectivity index (χ2v) is 6.80. The summed E-state index contributed by atoms with van der Waals surface area (Å²) < 4.78 is 5.24. The Kier molecular flexibility index (Phi) is 5.27. The third-order valence-corrected chi connectivity index (χ3v) is 4.90. The molecule has 28 heavy (non-hydrogen) atoms. The molecule has 0 spiro atoms. The number of carbonyl (C=O) groups is 1. The minimum atomic E-state index is -0.0995. The van der Waals surface area contributed by atoms with Gasteiger partial charge in [-0.15, -0.1) is 0 Å². The van der Waals surface area contributed by atoms with Crippen molar-refractivity contribution in [2.75, 3.05) is 18.4 Å². The quantitative estimate of drug-likeness (QED) is 0.746. The number of hydrogen-bond acceptors (Lipinski definition) is 6. The van der Waals surface area contributed by atoms with E-state index in [0.29, 0.717) is 18.3 Å². The molecule has 8 heteroatoms. The van der Waals surface area contributed by atoms with Crippen molar-refractivity contribution >= 4 is 11.7 Å². The summed E-state index contributed by atoms with van der Waals surface area (Å²) in [5.41, 5.74) is 2.54. The number of amides is 2. The largest absolute Gasteiger partial charge is 0.334 e. The van der Waals surface area contributed by atoms with Gasteiger partial charge in [-0.2, -0.15) is 4.98 Å². The maximum atomic E-state index is 12.7. The van der Waals surface area contributed by atoms with E-state index in [1.165, 1.54) is 0 Å². The average molecular weight is 378 g/mol. The van der Waals surface area contributed by atoms with Gasteiger partial charge in [-0.1, -0.05) is 12.1 Å². The van der Waals surface area contributed by atoms with Gasteiger partial charge in [-0.05, 0) is 43.2 Å². The van der Waals surface area contributed by atoms with Crippen LogP contribution in [0.15, 0.2) is 47.4 Å². The number of aromatic nitrogens is 4. The highest BCUT2D eigenvalue weighted by Gasteiger charge is 2.25. The van der Waals surface area contributed by atoms with Crippen LogP contribution in [0.1, 0.15) is 37.2 Å². The predicted molar refractivity (Wildman–Crippen MR) is 104 cm³/mol. The molecular formula is C20H22N6O2. The number of anilines is 1. The van der Waals surface area contributed by atoms with Crippen LogP contribution in [-0.2, 0) is 6.42 Å². The zero-order valence-corrected chi connectivity index (χ0v) is 15.7. The first kappa shape index (κ1) is 18.1. The number of carbonyl (C=O) groups excluding carboxylic acids is 1. The van der Waals surface area contributed by atoms with Crippen molar-refractivity contribution in [1.29, 1.82) is 0 Å². The third-order valence-electron chi connectivity index (χ3n) is 4.90. The Bertz CT molecular complexity index is 925. The van der Waals surface area contributed by atoms with Gasteiger partial charge in [0, 0.05) is 48.6 Å². The number of likely N-dealkylation sites (tertiary alicyclic amines) is 1. The standard InChI is InChI=1S/C20H22N6O2/c1-2-18-24-19(28-25-18)14-5-7-16(8-6-14)23-20(27)26-11-3-4-15(12-26)17-9-10-21-13-22-17/h5-10,13,15H,2-4,11-12H2,1H3,(H,23,27)/t15-/m1/s1. The lowest BCUT2D eigenvalue weighted by molar-refractivity contribution is 0.192. The highest BCUT2D eigenvalue weighted by atomic mass is 16.5. The molecule has 1 N–H and O–H groups in total. The highest BCUT2D eigenvalue weighted by Crippen LogP contribution is 2.26. The first-order chi connectivity index (χ1) is 13.7. The molecule has 2 aromatic heterocycles. The zero-order valence-electron chi connectivity index (χ0n) is 15.7. The van der Waals surface area contributed by atoms with Gasteiger partial charge in [0.2, 0.25) is 0 Å². The molecule has 0 unspecified atom stereocenters. The highest BCUT2D eigenvalue weighted by molar-refractivity contribution is 5.89. The third kappa shape index (κ3) is 4.00. The molecule has 0 bridgehead atoms. The molecule has 4 rings (SSSR count). The Hall–Kier alpha value is -3.29. The van der Waals surface area contributed by atoms with E-state index in [4.69, 9.17) is 4.52 Å². The van der Waals surface area contributed by atoms with E-state index in [1.54, 1.807) is 12.5 Å². The van der Waals surface area contributed by atoms with Crippen LogP contribution < -0.4 is 5.32 Å². The Labute approximate surface area is 163 Å². The Balaban J connectivity index is 1.39. The number of piperidine rings is 1. The van der Waals surface area contributed by atoms with E-state index in [-0.39, 0.29) is 11.9 Å². The number of urea groups is 1. The lowest BCUT2D eigenvalue weighted by Crippen LogP contribution is -2.41. The molecule has 3 aromatic rings. The summed E-state index contributed by atoms with van der Waals surface area (Å²) >= 11 is 0. The molecule has 0 aliphatic carbocycles. The predicted octanol–water partition coefficient (Wildman–Crippen LogP) is 3.50. The monoisotopic (exact) mass is 378 g/mol. The number of nitrogens with one attached hydrogen (secondary N) is 1. The molecule has 0 radical (unpaired) electrons. The number of nitrogens with zero attached hydrogens (tertiary/aromatic N) is 5. The molecule has 1 aliphatic rings. The van der Waals surface area contributed by atoms with E-state index in [1.807, 2.05) is 42.2 Å². The molecule has 3 heterocycles. The van der Waals surface area contributed by atoms with Crippen molar-refractivity contribution in [2.45, 2.75) is 32.1 Å². The lowest BCUT2D eigenvalue weighted by Gasteiger charge is -2.32. The van der Waals surface area contributed by atoms with Crippen molar-refractivity contribution in [3.8, 4) is 11.5 Å². The summed E-state index contributed by atoms with van der Waals surface area (Å²) in [6.07, 6.45) is 6.01. The van der Waals surface area contributed by atoms with Gasteiger partial charge in [-0.25, -0.2) is 14.8 Å². The Morgan fingerprint density at radius 3 is 2.86 bits per heavy atom. The SMILES string of the molecule is CCc1noc(-c2ccc(NC(=O)N3CCC[C@@H](c4ccncn4)C3)cc2)n1. The fraction of sp³-hybridized carbons (Fsp3) is 0.350. The van der Waals surface area contributed by atoms with E-state index in [2.05, 4.69) is 25.4 Å². The zero-order chi connectivity index (χ0) is 19.3. The maximum Gasteiger partial charge on any atom is 0.321 e. The van der Waals surface area contributed by atoms with Crippen molar-refractivity contribution < 1.29 is 9.32 Å². The number of aryl methyl sites for hydroxylation is 1. The lowest BCUT2D eigenvalue weighted by atomic mass is 9.95. The Morgan fingerprint density at radius 1 is 1.29 bits per heavy atom. The smallest absolute Gasteiger partial charge is 0.321 e. The molecule has 1 fully saturated rings. The fourth-order valence-corrected chi connectivity index (χ4v) is 3.36. The molecule has 2 amide bonds. The van der Waals surface area contributed by atoms with Gasteiger partial charge in [0.25, 0.3) is 5.89 Å². The van der Waals surface area contributed by atoms with Crippen LogP contribution in [-0.4, -0.2) is 44.1 Å². The second-order valence-electron chi connectivity index (χ2n) is 6.80. The van der Waals surface area contributed by atoms with E-state index < -0.39 is 0 Å². The normalized spacial score (nSPS) is 16.8. The maximum absolute atomic E-state index is 12.7. The average Bonchev–Trinajstić information content (AvgIpc) is 3.24. The van der Waals surface area contributed by atoms with Crippen molar-refractivity contribution in [2.24, 2.45) is 0 Å². The summed E-state index contributed by atoms with van der Waals surface area (Å²) in [6, 6.07) is 9.23. The molecule has 1 aliphatic heterocycles. The van der Waals surface area contributed by atoms with Gasteiger partial charge in [0.05, 0.1) is 0 Å². The summed E-state index contributed by atoms with van der Waals surface area (Å²) in [5.74, 6) is 1.41. The molecule has 0 saturated carbocycles. The van der Waals surface area contributed by atoms with Crippen molar-refractivity contribution in [3.63, 3.8) is 0 Å². The molecule has 8 nitrogen and oxygen atoms in total. The minimum Gasteiger partial charge on any atom is -0.334 e. The number of benzene rings is 1. The van der Waals surface area contributed by atoms with Gasteiger partial charge < -0.3 is 14.7 Å². The van der Waals surface area contributed by atoms with Gasteiger partial charge in [0.15, 0.2) is 5.82 Å². The van der Waals surface area contributed by atoms with Gasteiger partial charge in [-0.3, -0.25) is 0 Å². The van der Waals surface area contributed by atoms with Crippen LogP contribution in [0.25, 0.3) is 11.5 Å². The van der Waals surface area contributed by atoms with Crippen LogP contribution in [0.5, 0.6) is 0 Å². The van der Waals surface area contributed by atoms with E-state index in [0.717, 1.165) is 42.8 Å². The van der Waals surface area contributed by atoms with Crippen LogP contribution in [0.3, 0.4) is 0 Å². The summed E-state index contributed by atoms with van der Waals surface area (Å²) in [4.78, 5) is 27.1. The molecule has 1 saturated heterocycles. The van der Waals surface area contributed by atoms with Crippen LogP contribution in [0.2, 0.25) is 0 Å². The second kappa shape index (κ2) is 8.16. The number of hydrogen-bond donors (Lipinski definition) is 1. The van der Waals surface area contributed by atoms with Crippen LogP contribution in [0.4, 0.5) is 10.5 Å². The molecule has 144 valence electrons. The first-order valence-electron chi connectivity index (χ1n) is 9.48. The van der Waals surface area contributed by atoms with Gasteiger partial charge in [0.1, 0.15) is 6.33 Å². The van der Waals surface area contributed by atoms with Crippen LogP contribution >= 0.6 is 0 Å². The Morgan fingerprint density at radius 2 is 2.14 bits per heavy atom.